The molecular weight excluding hydrogens is 258 g/mol. The molecule has 2 aromatic rings. The van der Waals surface area contributed by atoms with E-state index >= 15 is 0 Å². The molecule has 112 valence electrons. The van der Waals surface area contributed by atoms with Gasteiger partial charge in [0, 0.05) is 23.8 Å². The van der Waals surface area contributed by atoms with E-state index in [1.54, 1.807) is 0 Å². The molecule has 0 amide bonds. The number of hydrogen-bond acceptors (Lipinski definition) is 2. The van der Waals surface area contributed by atoms with Gasteiger partial charge in [-0.15, -0.1) is 0 Å². The van der Waals surface area contributed by atoms with Gasteiger partial charge in [0.05, 0.1) is 11.9 Å². The van der Waals surface area contributed by atoms with Gasteiger partial charge in [0.1, 0.15) is 0 Å². The first kappa shape index (κ1) is 14.3. The lowest BCUT2D eigenvalue weighted by Crippen LogP contribution is -2.16. The maximum atomic E-state index is 4.68. The summed E-state index contributed by atoms with van der Waals surface area (Å²) in [6, 6.07) is 7.32. The lowest BCUT2D eigenvalue weighted by molar-refractivity contribution is 0.676. The lowest BCUT2D eigenvalue weighted by atomic mass is 10.1. The zero-order chi connectivity index (χ0) is 14.8. The molecule has 0 spiro atoms. The van der Waals surface area contributed by atoms with Gasteiger partial charge in [-0.2, -0.15) is 5.10 Å². The minimum Gasteiger partial charge on any atom is -0.310 e. The predicted molar refractivity (Wildman–Crippen MR) is 86.9 cm³/mol. The Kier molecular flexibility index (Phi) is 4.11. The molecule has 3 nitrogen and oxygen atoms in total. The number of rotatable bonds is 6. The van der Waals surface area contributed by atoms with Gasteiger partial charge in [-0.05, 0) is 50.3 Å². The van der Waals surface area contributed by atoms with E-state index < -0.39 is 0 Å². The van der Waals surface area contributed by atoms with Crippen molar-refractivity contribution >= 4 is 0 Å². The Morgan fingerprint density at radius 1 is 1.29 bits per heavy atom. The number of aryl methyl sites for hydroxylation is 2. The molecule has 21 heavy (non-hydrogen) atoms. The summed E-state index contributed by atoms with van der Waals surface area (Å²) in [6.45, 7) is 7.49. The molecule has 1 aromatic carbocycles. The highest BCUT2D eigenvalue weighted by Gasteiger charge is 2.21. The van der Waals surface area contributed by atoms with Crippen LogP contribution in [0.5, 0.6) is 0 Å². The molecule has 1 N–H and O–H groups in total. The second kappa shape index (κ2) is 6.02. The summed E-state index contributed by atoms with van der Waals surface area (Å²) in [5.74, 6) is 0. The number of benzene rings is 1. The standard InChI is InChI=1S/C18H25N3/c1-4-5-17-15(11-19-16-8-9-16)12-20-21(17)18-10-13(2)6-7-14(18)3/h6-7,10,12,16,19H,4-5,8-9,11H2,1-3H3. The normalized spacial score (nSPS) is 14.6. The van der Waals surface area contributed by atoms with Crippen molar-refractivity contribution in [1.29, 1.82) is 0 Å². The fraction of sp³-hybridized carbons (Fsp3) is 0.500. The third-order valence-corrected chi connectivity index (χ3v) is 4.19. The summed E-state index contributed by atoms with van der Waals surface area (Å²) in [7, 11) is 0. The quantitative estimate of drug-likeness (QED) is 0.876. The van der Waals surface area contributed by atoms with Crippen LogP contribution in [0.1, 0.15) is 48.6 Å². The van der Waals surface area contributed by atoms with Crippen molar-refractivity contribution in [1.82, 2.24) is 15.1 Å². The van der Waals surface area contributed by atoms with Crippen LogP contribution >= 0.6 is 0 Å². The van der Waals surface area contributed by atoms with E-state index in [0.717, 1.165) is 25.4 Å². The van der Waals surface area contributed by atoms with Crippen LogP contribution in [-0.2, 0) is 13.0 Å². The number of hydrogen-bond donors (Lipinski definition) is 1. The highest BCUT2D eigenvalue weighted by Crippen LogP contribution is 2.23. The maximum absolute atomic E-state index is 4.68. The van der Waals surface area contributed by atoms with Gasteiger partial charge in [-0.1, -0.05) is 25.5 Å². The van der Waals surface area contributed by atoms with Crippen LogP contribution in [0.15, 0.2) is 24.4 Å². The van der Waals surface area contributed by atoms with Crippen molar-refractivity contribution in [3.8, 4) is 5.69 Å². The van der Waals surface area contributed by atoms with Crippen molar-refractivity contribution in [2.45, 2.75) is 59.0 Å². The highest BCUT2D eigenvalue weighted by molar-refractivity contribution is 5.44. The highest BCUT2D eigenvalue weighted by atomic mass is 15.3. The molecule has 0 bridgehead atoms. The van der Waals surface area contributed by atoms with Crippen molar-refractivity contribution in [3.05, 3.63) is 46.8 Å². The van der Waals surface area contributed by atoms with Crippen molar-refractivity contribution in [2.75, 3.05) is 0 Å². The Hall–Kier alpha value is -1.61. The zero-order valence-electron chi connectivity index (χ0n) is 13.3. The Balaban J connectivity index is 1.94. The first-order chi connectivity index (χ1) is 10.2. The summed E-state index contributed by atoms with van der Waals surface area (Å²) < 4.78 is 2.15. The van der Waals surface area contributed by atoms with Gasteiger partial charge in [-0.25, -0.2) is 4.68 Å². The van der Waals surface area contributed by atoms with Gasteiger partial charge in [0.15, 0.2) is 0 Å². The molecule has 1 fully saturated rings. The Morgan fingerprint density at radius 2 is 2.10 bits per heavy atom. The van der Waals surface area contributed by atoms with Crippen LogP contribution < -0.4 is 5.32 Å². The van der Waals surface area contributed by atoms with Gasteiger partial charge in [-0.3, -0.25) is 0 Å². The summed E-state index contributed by atoms with van der Waals surface area (Å²) in [4.78, 5) is 0. The summed E-state index contributed by atoms with van der Waals surface area (Å²) >= 11 is 0. The lowest BCUT2D eigenvalue weighted by Gasteiger charge is -2.12. The van der Waals surface area contributed by atoms with Crippen LogP contribution in [0.4, 0.5) is 0 Å². The van der Waals surface area contributed by atoms with E-state index in [4.69, 9.17) is 0 Å². The van der Waals surface area contributed by atoms with Crippen molar-refractivity contribution < 1.29 is 0 Å². The fourth-order valence-electron chi connectivity index (χ4n) is 2.76. The number of aromatic nitrogens is 2. The molecule has 3 heteroatoms. The molecule has 3 rings (SSSR count). The SMILES string of the molecule is CCCc1c(CNC2CC2)cnn1-c1cc(C)ccc1C. The minimum absolute atomic E-state index is 0.739. The van der Waals surface area contributed by atoms with Crippen LogP contribution in [0.2, 0.25) is 0 Å². The third-order valence-electron chi connectivity index (χ3n) is 4.19. The molecule has 0 radical (unpaired) electrons. The molecule has 0 unspecified atom stereocenters. The second-order valence-corrected chi connectivity index (χ2v) is 6.22. The van der Waals surface area contributed by atoms with Crippen molar-refractivity contribution in [3.63, 3.8) is 0 Å². The number of nitrogens with zero attached hydrogens (tertiary/aromatic N) is 2. The molecule has 1 heterocycles. The molecule has 1 aliphatic carbocycles. The minimum atomic E-state index is 0.739. The Bertz CT molecular complexity index is 623. The smallest absolute Gasteiger partial charge is 0.0680 e. The van der Waals surface area contributed by atoms with Gasteiger partial charge in [0.25, 0.3) is 0 Å². The fourth-order valence-corrected chi connectivity index (χ4v) is 2.76. The van der Waals surface area contributed by atoms with Crippen LogP contribution in [0.3, 0.4) is 0 Å². The average Bonchev–Trinajstić information content (AvgIpc) is 3.22. The van der Waals surface area contributed by atoms with Gasteiger partial charge < -0.3 is 5.32 Å². The van der Waals surface area contributed by atoms with Crippen LogP contribution in [0, 0.1) is 13.8 Å². The zero-order valence-corrected chi connectivity index (χ0v) is 13.3. The predicted octanol–water partition coefficient (Wildman–Crippen LogP) is 3.69. The number of nitrogens with one attached hydrogen (secondary N) is 1. The average molecular weight is 283 g/mol. The van der Waals surface area contributed by atoms with E-state index in [0.29, 0.717) is 0 Å². The molecule has 1 saturated carbocycles. The summed E-state index contributed by atoms with van der Waals surface area (Å²) in [5.41, 5.74) is 6.49. The van der Waals surface area contributed by atoms with Gasteiger partial charge in [0.2, 0.25) is 0 Å². The van der Waals surface area contributed by atoms with E-state index in [9.17, 15) is 0 Å². The molecule has 0 aliphatic heterocycles. The summed E-state index contributed by atoms with van der Waals surface area (Å²) in [5, 5.41) is 8.29. The molecule has 1 aliphatic rings. The largest absolute Gasteiger partial charge is 0.310 e. The van der Waals surface area contributed by atoms with Gasteiger partial charge >= 0.3 is 0 Å². The van der Waals surface area contributed by atoms with Crippen LogP contribution in [0.25, 0.3) is 5.69 Å². The maximum Gasteiger partial charge on any atom is 0.0680 e. The summed E-state index contributed by atoms with van der Waals surface area (Å²) in [6.07, 6.45) is 6.92. The third kappa shape index (κ3) is 3.18. The second-order valence-electron chi connectivity index (χ2n) is 6.22. The van der Waals surface area contributed by atoms with E-state index in [2.05, 4.69) is 54.1 Å². The molecule has 0 atom stereocenters. The first-order valence-electron chi connectivity index (χ1n) is 8.06. The van der Waals surface area contributed by atoms with E-state index in [1.165, 1.54) is 40.9 Å². The van der Waals surface area contributed by atoms with Crippen molar-refractivity contribution in [2.24, 2.45) is 0 Å². The first-order valence-corrected chi connectivity index (χ1v) is 8.06. The Labute approximate surface area is 127 Å². The Morgan fingerprint density at radius 3 is 2.81 bits per heavy atom. The molecule has 1 aromatic heterocycles. The monoisotopic (exact) mass is 283 g/mol. The van der Waals surface area contributed by atoms with E-state index in [-0.39, 0.29) is 0 Å². The molecule has 0 saturated heterocycles. The topological polar surface area (TPSA) is 29.9 Å². The van der Waals surface area contributed by atoms with E-state index in [1.807, 2.05) is 6.20 Å². The molecular formula is C18H25N3. The van der Waals surface area contributed by atoms with Crippen LogP contribution in [-0.4, -0.2) is 15.8 Å².